The fourth-order valence-electron chi connectivity index (χ4n) is 1.68. The van der Waals surface area contributed by atoms with E-state index < -0.39 is 0 Å². The highest BCUT2D eigenvalue weighted by atomic mass is 79.9. The minimum Gasteiger partial charge on any atom is -0.497 e. The lowest BCUT2D eigenvalue weighted by molar-refractivity contribution is 0.361. The van der Waals surface area contributed by atoms with Crippen LogP contribution in [0.15, 0.2) is 64.6 Å². The van der Waals surface area contributed by atoms with Crippen molar-refractivity contribution < 1.29 is 9.47 Å². The van der Waals surface area contributed by atoms with Crippen molar-refractivity contribution in [1.82, 2.24) is 0 Å². The van der Waals surface area contributed by atoms with Crippen LogP contribution in [0.4, 0.5) is 5.69 Å². The molecule has 0 radical (unpaired) electrons. The average Bonchev–Trinajstić information content (AvgIpc) is 2.52. The van der Waals surface area contributed by atoms with Gasteiger partial charge in [0.1, 0.15) is 18.1 Å². The zero-order valence-electron chi connectivity index (χ0n) is 11.8. The van der Waals surface area contributed by atoms with E-state index in [-0.39, 0.29) is 0 Å². The molecule has 2 aromatic carbocycles. The molecule has 0 unspecified atom stereocenters. The SMILES string of the molecule is C=CCOc1ccc(C=Nc2ccc(OC)cc2)cc1Br. The normalized spacial score (nSPS) is 10.6. The number of ether oxygens (including phenoxy) is 2. The number of benzene rings is 2. The van der Waals surface area contributed by atoms with E-state index in [2.05, 4.69) is 27.5 Å². The van der Waals surface area contributed by atoms with Crippen LogP contribution in [0.25, 0.3) is 0 Å². The van der Waals surface area contributed by atoms with Gasteiger partial charge in [0.25, 0.3) is 0 Å². The fraction of sp³-hybridized carbons (Fsp3) is 0.118. The average molecular weight is 346 g/mol. The van der Waals surface area contributed by atoms with Crippen molar-refractivity contribution >= 4 is 27.8 Å². The molecule has 0 fully saturated rings. The van der Waals surface area contributed by atoms with Crippen LogP contribution >= 0.6 is 15.9 Å². The Morgan fingerprint density at radius 2 is 1.95 bits per heavy atom. The van der Waals surface area contributed by atoms with Gasteiger partial charge in [-0.1, -0.05) is 12.7 Å². The second-order valence-corrected chi connectivity index (χ2v) is 5.10. The highest BCUT2D eigenvalue weighted by Crippen LogP contribution is 2.26. The number of hydrogen-bond acceptors (Lipinski definition) is 3. The van der Waals surface area contributed by atoms with E-state index in [0.717, 1.165) is 27.2 Å². The molecule has 0 aliphatic rings. The molecule has 0 aliphatic carbocycles. The van der Waals surface area contributed by atoms with Gasteiger partial charge in [0.05, 0.1) is 17.3 Å². The van der Waals surface area contributed by atoms with Gasteiger partial charge in [-0.2, -0.15) is 0 Å². The molecule has 0 aliphatic heterocycles. The van der Waals surface area contributed by atoms with E-state index in [9.17, 15) is 0 Å². The van der Waals surface area contributed by atoms with E-state index in [1.54, 1.807) is 13.2 Å². The van der Waals surface area contributed by atoms with Crippen molar-refractivity contribution in [2.75, 3.05) is 13.7 Å². The van der Waals surface area contributed by atoms with Crippen LogP contribution in [0.5, 0.6) is 11.5 Å². The van der Waals surface area contributed by atoms with Gasteiger partial charge < -0.3 is 9.47 Å². The zero-order valence-corrected chi connectivity index (χ0v) is 13.3. The first-order valence-corrected chi connectivity index (χ1v) is 7.23. The molecule has 0 saturated heterocycles. The third kappa shape index (κ3) is 4.46. The monoisotopic (exact) mass is 345 g/mol. The molecule has 0 atom stereocenters. The predicted molar refractivity (Wildman–Crippen MR) is 90.1 cm³/mol. The molecule has 108 valence electrons. The minimum absolute atomic E-state index is 0.484. The molecule has 0 heterocycles. The summed E-state index contributed by atoms with van der Waals surface area (Å²) in [5.74, 6) is 1.61. The van der Waals surface area contributed by atoms with Crippen molar-refractivity contribution in [2.45, 2.75) is 0 Å². The van der Waals surface area contributed by atoms with Gasteiger partial charge >= 0.3 is 0 Å². The van der Waals surface area contributed by atoms with E-state index in [1.807, 2.05) is 48.7 Å². The summed E-state index contributed by atoms with van der Waals surface area (Å²) >= 11 is 3.48. The summed E-state index contributed by atoms with van der Waals surface area (Å²) in [5, 5.41) is 0. The van der Waals surface area contributed by atoms with E-state index in [4.69, 9.17) is 9.47 Å². The topological polar surface area (TPSA) is 30.8 Å². The van der Waals surface area contributed by atoms with E-state index in [1.165, 1.54) is 0 Å². The van der Waals surface area contributed by atoms with Crippen molar-refractivity contribution in [3.63, 3.8) is 0 Å². The van der Waals surface area contributed by atoms with Gasteiger partial charge in [0.2, 0.25) is 0 Å². The van der Waals surface area contributed by atoms with Crippen molar-refractivity contribution in [3.05, 3.63) is 65.2 Å². The summed E-state index contributed by atoms with van der Waals surface area (Å²) in [7, 11) is 1.64. The van der Waals surface area contributed by atoms with E-state index >= 15 is 0 Å². The molecule has 2 aromatic rings. The number of rotatable bonds is 6. The highest BCUT2D eigenvalue weighted by molar-refractivity contribution is 9.10. The van der Waals surface area contributed by atoms with Crippen LogP contribution in [0, 0.1) is 0 Å². The second-order valence-electron chi connectivity index (χ2n) is 4.25. The predicted octanol–water partition coefficient (Wildman–Crippen LogP) is 4.77. The van der Waals surface area contributed by atoms with Crippen LogP contribution < -0.4 is 9.47 Å². The van der Waals surface area contributed by atoms with Gasteiger partial charge in [0.15, 0.2) is 0 Å². The van der Waals surface area contributed by atoms with E-state index in [0.29, 0.717) is 6.61 Å². The Morgan fingerprint density at radius 1 is 1.19 bits per heavy atom. The number of nitrogens with zero attached hydrogens (tertiary/aromatic N) is 1. The smallest absolute Gasteiger partial charge is 0.133 e. The van der Waals surface area contributed by atoms with Crippen LogP contribution in [0.1, 0.15) is 5.56 Å². The Labute approximate surface area is 133 Å². The second kappa shape index (κ2) is 7.64. The molecule has 0 saturated carbocycles. The summed E-state index contributed by atoms with van der Waals surface area (Å²) in [6.07, 6.45) is 3.52. The lowest BCUT2D eigenvalue weighted by Gasteiger charge is -2.06. The van der Waals surface area contributed by atoms with Crippen LogP contribution in [0.3, 0.4) is 0 Å². The molecular formula is C17H16BrNO2. The molecule has 0 bridgehead atoms. The lowest BCUT2D eigenvalue weighted by Crippen LogP contribution is -1.94. The third-order valence-corrected chi connectivity index (χ3v) is 3.37. The van der Waals surface area contributed by atoms with Crippen molar-refractivity contribution in [2.24, 2.45) is 4.99 Å². The molecule has 21 heavy (non-hydrogen) atoms. The first-order valence-electron chi connectivity index (χ1n) is 6.44. The zero-order chi connectivity index (χ0) is 15.1. The largest absolute Gasteiger partial charge is 0.497 e. The molecule has 0 spiro atoms. The highest BCUT2D eigenvalue weighted by Gasteiger charge is 2.01. The van der Waals surface area contributed by atoms with Crippen molar-refractivity contribution in [1.29, 1.82) is 0 Å². The third-order valence-electron chi connectivity index (χ3n) is 2.75. The molecular weight excluding hydrogens is 330 g/mol. The number of methoxy groups -OCH3 is 1. The number of hydrogen-bond donors (Lipinski definition) is 0. The Bertz CT molecular complexity index is 636. The maximum absolute atomic E-state index is 5.51. The van der Waals surface area contributed by atoms with Crippen LogP contribution in [-0.4, -0.2) is 19.9 Å². The summed E-state index contributed by atoms with van der Waals surface area (Å²) in [5.41, 5.74) is 1.86. The number of aliphatic imine (C=N–C) groups is 1. The Kier molecular flexibility index (Phi) is 5.58. The maximum atomic E-state index is 5.51. The van der Waals surface area contributed by atoms with Crippen LogP contribution in [0.2, 0.25) is 0 Å². The summed E-state index contributed by atoms with van der Waals surface area (Å²) in [6.45, 7) is 4.11. The van der Waals surface area contributed by atoms with Crippen LogP contribution in [-0.2, 0) is 0 Å². The molecule has 0 amide bonds. The van der Waals surface area contributed by atoms with Gasteiger partial charge in [-0.3, -0.25) is 4.99 Å². The van der Waals surface area contributed by atoms with Gasteiger partial charge in [0, 0.05) is 6.21 Å². The first-order chi connectivity index (χ1) is 10.2. The molecule has 4 heteroatoms. The molecule has 0 aromatic heterocycles. The molecule has 0 N–H and O–H groups in total. The van der Waals surface area contributed by atoms with Gasteiger partial charge in [-0.15, -0.1) is 0 Å². The quantitative estimate of drug-likeness (QED) is 0.557. The standard InChI is InChI=1S/C17H16BrNO2/c1-3-10-21-17-9-4-13(11-16(17)18)12-19-14-5-7-15(20-2)8-6-14/h3-9,11-12H,1,10H2,2H3. The Balaban J connectivity index is 2.09. The summed E-state index contributed by atoms with van der Waals surface area (Å²) in [4.78, 5) is 4.43. The summed E-state index contributed by atoms with van der Waals surface area (Å²) in [6, 6.07) is 13.4. The number of halogens is 1. The Morgan fingerprint density at radius 3 is 2.57 bits per heavy atom. The lowest BCUT2D eigenvalue weighted by atomic mass is 10.2. The molecule has 2 rings (SSSR count). The van der Waals surface area contributed by atoms with Gasteiger partial charge in [-0.25, -0.2) is 0 Å². The van der Waals surface area contributed by atoms with Crippen molar-refractivity contribution in [3.8, 4) is 11.5 Å². The summed E-state index contributed by atoms with van der Waals surface area (Å²) < 4.78 is 11.5. The molecule has 3 nitrogen and oxygen atoms in total. The first kappa shape index (κ1) is 15.3. The Hall–Kier alpha value is -2.07. The minimum atomic E-state index is 0.484. The maximum Gasteiger partial charge on any atom is 0.133 e. The van der Waals surface area contributed by atoms with Gasteiger partial charge in [-0.05, 0) is 64.0 Å². The fourth-order valence-corrected chi connectivity index (χ4v) is 2.19.